The second-order valence-electron chi connectivity index (χ2n) is 6.88. The van der Waals surface area contributed by atoms with Crippen LogP contribution < -0.4 is 0 Å². The number of benzene rings is 1. The van der Waals surface area contributed by atoms with Gasteiger partial charge in [-0.05, 0) is 31.7 Å². The Morgan fingerprint density at radius 2 is 1.71 bits per heavy atom. The van der Waals surface area contributed by atoms with Crippen molar-refractivity contribution in [1.29, 1.82) is 5.26 Å². The maximum Gasteiger partial charge on any atom is 0.333 e. The van der Waals surface area contributed by atoms with Gasteiger partial charge in [0, 0.05) is 11.1 Å². The molecule has 0 amide bonds. The number of esters is 1. The van der Waals surface area contributed by atoms with Crippen LogP contribution in [0.4, 0.5) is 0 Å². The Bertz CT molecular complexity index is 805. The van der Waals surface area contributed by atoms with Crippen LogP contribution in [0.5, 0.6) is 0 Å². The normalized spacial score (nSPS) is 10.3. The smallest absolute Gasteiger partial charge is 0.333 e. The van der Waals surface area contributed by atoms with Gasteiger partial charge in [0.15, 0.2) is 5.69 Å². The fraction of sp³-hybridized carbons (Fsp3) is 0.391. The van der Waals surface area contributed by atoms with Crippen LogP contribution in [0.2, 0.25) is 0 Å². The number of nitrogens with zero attached hydrogens (tertiary/aromatic N) is 3. The van der Waals surface area contributed by atoms with E-state index in [-0.39, 0.29) is 5.97 Å². The standard InChI is InChI=1S/C23H27N3O2/c1-18(2)23(27)28-14-8-6-4-3-5-7-9-19-10-12-20(13-11-19)22-17-25-21(15-24)16-26-22/h10-13,16-17H,1,3-9,14H2,2H3. The molecule has 0 bridgehead atoms. The SMILES string of the molecule is C=C(C)C(=O)OCCCCCCCCc1ccc(-c2cnc(C#N)cn2)cc1. The van der Waals surface area contributed by atoms with Gasteiger partial charge in [-0.15, -0.1) is 0 Å². The van der Waals surface area contributed by atoms with E-state index in [1.165, 1.54) is 37.4 Å². The minimum Gasteiger partial charge on any atom is -0.462 e. The molecular formula is C23H27N3O2. The molecule has 0 aliphatic heterocycles. The summed E-state index contributed by atoms with van der Waals surface area (Å²) in [7, 11) is 0. The van der Waals surface area contributed by atoms with E-state index < -0.39 is 0 Å². The first kappa shape index (κ1) is 21.3. The van der Waals surface area contributed by atoms with Gasteiger partial charge < -0.3 is 4.74 Å². The van der Waals surface area contributed by atoms with E-state index in [0.717, 1.165) is 30.5 Å². The Morgan fingerprint density at radius 1 is 1.04 bits per heavy atom. The van der Waals surface area contributed by atoms with E-state index in [2.05, 4.69) is 40.8 Å². The van der Waals surface area contributed by atoms with E-state index in [1.54, 1.807) is 13.1 Å². The molecule has 0 atom stereocenters. The third-order valence-electron chi connectivity index (χ3n) is 4.46. The lowest BCUT2D eigenvalue weighted by molar-refractivity contribution is -0.139. The number of carbonyl (C=O) groups excluding carboxylic acids is 1. The van der Waals surface area contributed by atoms with Gasteiger partial charge in [-0.2, -0.15) is 5.26 Å². The predicted molar refractivity (Wildman–Crippen MR) is 109 cm³/mol. The molecule has 0 N–H and O–H groups in total. The number of nitriles is 1. The molecule has 0 spiro atoms. The van der Waals surface area contributed by atoms with Crippen molar-refractivity contribution in [3.63, 3.8) is 0 Å². The highest BCUT2D eigenvalue weighted by molar-refractivity contribution is 5.86. The molecule has 1 aromatic carbocycles. The molecule has 2 aromatic rings. The van der Waals surface area contributed by atoms with Crippen LogP contribution in [0, 0.1) is 11.3 Å². The minimum absolute atomic E-state index is 0.294. The van der Waals surface area contributed by atoms with Gasteiger partial charge in [-0.25, -0.2) is 9.78 Å². The fourth-order valence-electron chi connectivity index (χ4n) is 2.80. The summed E-state index contributed by atoms with van der Waals surface area (Å²) in [4.78, 5) is 19.6. The van der Waals surface area contributed by atoms with E-state index in [9.17, 15) is 4.79 Å². The maximum atomic E-state index is 11.2. The van der Waals surface area contributed by atoms with Gasteiger partial charge in [-0.1, -0.05) is 56.5 Å². The lowest BCUT2D eigenvalue weighted by Crippen LogP contribution is -2.05. The number of aromatic nitrogens is 2. The minimum atomic E-state index is -0.294. The Hall–Kier alpha value is -3.00. The van der Waals surface area contributed by atoms with Crippen LogP contribution in [0.1, 0.15) is 56.7 Å². The lowest BCUT2D eigenvalue weighted by Gasteiger charge is -2.05. The molecule has 5 nitrogen and oxygen atoms in total. The number of aryl methyl sites for hydroxylation is 1. The van der Waals surface area contributed by atoms with Crippen LogP contribution in [-0.4, -0.2) is 22.5 Å². The first-order chi connectivity index (χ1) is 13.6. The molecule has 28 heavy (non-hydrogen) atoms. The number of hydrogen-bond acceptors (Lipinski definition) is 5. The van der Waals surface area contributed by atoms with Gasteiger partial charge in [0.25, 0.3) is 0 Å². The van der Waals surface area contributed by atoms with Crippen molar-refractivity contribution < 1.29 is 9.53 Å². The van der Waals surface area contributed by atoms with Gasteiger partial charge in [0.05, 0.1) is 24.7 Å². The second-order valence-corrected chi connectivity index (χ2v) is 6.88. The highest BCUT2D eigenvalue weighted by Crippen LogP contribution is 2.18. The topological polar surface area (TPSA) is 75.9 Å². The third-order valence-corrected chi connectivity index (χ3v) is 4.46. The van der Waals surface area contributed by atoms with Crippen molar-refractivity contribution in [3.8, 4) is 17.3 Å². The molecule has 2 rings (SSSR count). The number of unbranched alkanes of at least 4 members (excludes halogenated alkanes) is 5. The Labute approximate surface area is 167 Å². The number of rotatable bonds is 11. The molecule has 0 aliphatic carbocycles. The molecule has 0 radical (unpaired) electrons. The Kier molecular flexibility index (Phi) is 8.87. The summed E-state index contributed by atoms with van der Waals surface area (Å²) in [5.74, 6) is -0.294. The van der Waals surface area contributed by atoms with E-state index in [4.69, 9.17) is 10.00 Å². The zero-order valence-electron chi connectivity index (χ0n) is 16.5. The van der Waals surface area contributed by atoms with Crippen molar-refractivity contribution in [3.05, 3.63) is 60.1 Å². The highest BCUT2D eigenvalue weighted by Gasteiger charge is 2.03. The summed E-state index contributed by atoms with van der Waals surface area (Å²) >= 11 is 0. The zero-order chi connectivity index (χ0) is 20.2. The molecular weight excluding hydrogens is 350 g/mol. The van der Waals surface area contributed by atoms with Crippen molar-refractivity contribution in [1.82, 2.24) is 9.97 Å². The molecule has 146 valence electrons. The van der Waals surface area contributed by atoms with Crippen LogP contribution >= 0.6 is 0 Å². The summed E-state index contributed by atoms with van der Waals surface area (Å²) in [6, 6.07) is 10.3. The summed E-state index contributed by atoms with van der Waals surface area (Å²) < 4.78 is 5.08. The van der Waals surface area contributed by atoms with Crippen molar-refractivity contribution in [2.75, 3.05) is 6.61 Å². The molecule has 0 fully saturated rings. The van der Waals surface area contributed by atoms with Crippen LogP contribution in [0.25, 0.3) is 11.3 Å². The summed E-state index contributed by atoms with van der Waals surface area (Å²) in [6.45, 7) is 5.72. The Balaban J connectivity index is 1.59. The largest absolute Gasteiger partial charge is 0.462 e. The van der Waals surface area contributed by atoms with Crippen LogP contribution in [0.3, 0.4) is 0 Å². The van der Waals surface area contributed by atoms with Crippen molar-refractivity contribution in [2.45, 2.75) is 51.9 Å². The van der Waals surface area contributed by atoms with E-state index in [0.29, 0.717) is 17.9 Å². The number of ether oxygens (including phenoxy) is 1. The van der Waals surface area contributed by atoms with Crippen molar-refractivity contribution >= 4 is 5.97 Å². The van der Waals surface area contributed by atoms with E-state index in [1.807, 2.05) is 6.07 Å². The van der Waals surface area contributed by atoms with Crippen LogP contribution in [0.15, 0.2) is 48.8 Å². The van der Waals surface area contributed by atoms with Gasteiger partial charge in [0.1, 0.15) is 6.07 Å². The average molecular weight is 377 g/mol. The van der Waals surface area contributed by atoms with E-state index >= 15 is 0 Å². The Morgan fingerprint density at radius 3 is 2.32 bits per heavy atom. The third kappa shape index (κ3) is 7.32. The molecule has 1 aromatic heterocycles. The summed E-state index contributed by atoms with van der Waals surface area (Å²) in [6.07, 6.45) is 10.9. The van der Waals surface area contributed by atoms with Gasteiger partial charge in [0.2, 0.25) is 0 Å². The lowest BCUT2D eigenvalue weighted by atomic mass is 10.0. The maximum absolute atomic E-state index is 11.2. The van der Waals surface area contributed by atoms with Crippen molar-refractivity contribution in [2.24, 2.45) is 0 Å². The molecule has 1 heterocycles. The van der Waals surface area contributed by atoms with Gasteiger partial charge >= 0.3 is 5.97 Å². The quantitative estimate of drug-likeness (QED) is 0.312. The average Bonchev–Trinajstić information content (AvgIpc) is 2.72. The molecule has 0 saturated carbocycles. The zero-order valence-corrected chi connectivity index (χ0v) is 16.5. The first-order valence-electron chi connectivity index (χ1n) is 9.74. The molecule has 0 unspecified atom stereocenters. The molecule has 0 aliphatic rings. The summed E-state index contributed by atoms with van der Waals surface area (Å²) in [5, 5.41) is 8.77. The molecule has 5 heteroatoms. The molecule has 0 saturated heterocycles. The van der Waals surface area contributed by atoms with Gasteiger partial charge in [-0.3, -0.25) is 4.98 Å². The number of carbonyl (C=O) groups is 1. The monoisotopic (exact) mass is 377 g/mol. The number of hydrogen-bond donors (Lipinski definition) is 0. The summed E-state index contributed by atoms with van der Waals surface area (Å²) in [5.41, 5.74) is 3.88. The highest BCUT2D eigenvalue weighted by atomic mass is 16.5. The van der Waals surface area contributed by atoms with Crippen LogP contribution in [-0.2, 0) is 16.0 Å². The fourth-order valence-corrected chi connectivity index (χ4v) is 2.80. The predicted octanol–water partition coefficient (Wildman–Crippen LogP) is 5.02. The second kappa shape index (κ2) is 11.7. The first-order valence-corrected chi connectivity index (χ1v) is 9.74.